The molecule has 2 N–H and O–H groups in total. The molecule has 0 saturated heterocycles. The number of benzene rings is 2. The lowest BCUT2D eigenvalue weighted by atomic mass is 10.2. The van der Waals surface area contributed by atoms with Crippen LogP contribution in [0.5, 0.6) is 0 Å². The van der Waals surface area contributed by atoms with Gasteiger partial charge in [-0.05, 0) is 58.8 Å². The van der Waals surface area contributed by atoms with E-state index in [1.807, 2.05) is 44.2 Å². The second kappa shape index (κ2) is 11.3. The Labute approximate surface area is 189 Å². The number of esters is 1. The smallest absolute Gasteiger partial charge is 0.442 e. The molecule has 1 unspecified atom stereocenters. The van der Waals surface area contributed by atoms with Crippen LogP contribution in [0.4, 0.5) is 5.69 Å². The van der Waals surface area contributed by atoms with Crippen molar-refractivity contribution in [3.8, 4) is 5.69 Å². The van der Waals surface area contributed by atoms with Gasteiger partial charge in [0.25, 0.3) is 0 Å². The average molecular weight is 457 g/mol. The van der Waals surface area contributed by atoms with Crippen LogP contribution in [-0.2, 0) is 9.53 Å². The summed E-state index contributed by atoms with van der Waals surface area (Å²) in [5.41, 5.74) is 1.15. The number of amides is 1. The molecule has 0 spiro atoms. The van der Waals surface area contributed by atoms with Crippen LogP contribution >= 0.6 is 11.8 Å². The molecule has 1 aromatic heterocycles. The molecule has 1 heterocycles. The fraction of sp³-hybridized carbons (Fsp3) is 0.304. The Hall–Kier alpha value is -3.33. The summed E-state index contributed by atoms with van der Waals surface area (Å²) in [6.07, 6.45) is 2.27. The van der Waals surface area contributed by atoms with Crippen LogP contribution < -0.4 is 15.6 Å². The summed E-state index contributed by atoms with van der Waals surface area (Å²) >= 11 is 1.13. The van der Waals surface area contributed by atoms with Gasteiger partial charge in [0.15, 0.2) is 0 Å². The summed E-state index contributed by atoms with van der Waals surface area (Å²) in [6, 6.07) is 15.7. The van der Waals surface area contributed by atoms with Gasteiger partial charge in [0.05, 0.1) is 17.4 Å². The number of thioether (sulfide) groups is 1. The number of ether oxygens (including phenoxy) is 1. The molecular weight excluding hydrogens is 430 g/mol. The predicted molar refractivity (Wildman–Crippen MR) is 121 cm³/mol. The van der Waals surface area contributed by atoms with Gasteiger partial charge in [0, 0.05) is 17.8 Å². The van der Waals surface area contributed by atoms with E-state index in [0.717, 1.165) is 30.3 Å². The predicted octanol–water partition coefficient (Wildman–Crippen LogP) is 3.71. The highest BCUT2D eigenvalue weighted by molar-refractivity contribution is 8.00. The summed E-state index contributed by atoms with van der Waals surface area (Å²) in [5.74, 6) is -0.640. The van der Waals surface area contributed by atoms with E-state index < -0.39 is 10.9 Å². The Morgan fingerprint density at radius 3 is 2.50 bits per heavy atom. The second-order valence-electron chi connectivity index (χ2n) is 7.03. The fourth-order valence-corrected chi connectivity index (χ4v) is 3.86. The molecule has 8 nitrogen and oxygen atoms in total. The van der Waals surface area contributed by atoms with Gasteiger partial charge in [-0.1, -0.05) is 38.5 Å². The van der Waals surface area contributed by atoms with Gasteiger partial charge in [0.1, 0.15) is 0 Å². The molecule has 3 aromatic rings. The number of aromatic nitrogens is 2. The van der Waals surface area contributed by atoms with E-state index in [4.69, 9.17) is 9.26 Å². The Morgan fingerprint density at radius 1 is 1.12 bits per heavy atom. The average Bonchev–Trinajstić information content (AvgIpc) is 3.18. The number of aromatic amines is 1. The topological polar surface area (TPSA) is 105 Å². The SMILES string of the molecule is CCCCOC(=O)c1ccc(NC(=O)C(CC)Sc2c(=O)o[nH][n+]2-c2ccccc2)cc1. The standard InChI is InChI=1S/C23H25N3O5S/c1-3-5-15-30-22(28)16-11-13-17(14-12-16)24-20(27)19(4-2)32-21-23(29)31-25-26(21)18-9-7-6-8-10-18/h6-14,19H,3-5,15H2,1-2H3,(H-,24,25,27,28,29)/p+1. The summed E-state index contributed by atoms with van der Waals surface area (Å²) in [4.78, 5) is 37.1. The molecule has 168 valence electrons. The highest BCUT2D eigenvalue weighted by Gasteiger charge is 2.30. The summed E-state index contributed by atoms with van der Waals surface area (Å²) in [7, 11) is 0. The van der Waals surface area contributed by atoms with Crippen molar-refractivity contribution in [1.29, 1.82) is 0 Å². The maximum Gasteiger partial charge on any atom is 0.442 e. The van der Waals surface area contributed by atoms with Crippen molar-refractivity contribution in [2.75, 3.05) is 11.9 Å². The number of carbonyl (C=O) groups excluding carboxylic acids is 2. The Bertz CT molecular complexity index is 1090. The maximum absolute atomic E-state index is 12.8. The number of unbranched alkanes of at least 4 members (excludes halogenated alkanes) is 1. The van der Waals surface area contributed by atoms with Crippen molar-refractivity contribution in [1.82, 2.24) is 5.27 Å². The number of anilines is 1. The van der Waals surface area contributed by atoms with Gasteiger partial charge in [-0.2, -0.15) is 0 Å². The number of carbonyl (C=O) groups is 2. The first-order chi connectivity index (χ1) is 15.5. The Balaban J connectivity index is 1.67. The van der Waals surface area contributed by atoms with Gasteiger partial charge in [-0.15, -0.1) is 0 Å². The van der Waals surface area contributed by atoms with Gasteiger partial charge >= 0.3 is 16.6 Å². The lowest BCUT2D eigenvalue weighted by molar-refractivity contribution is -0.704. The third-order valence-corrected chi connectivity index (χ3v) is 6.06. The van der Waals surface area contributed by atoms with Gasteiger partial charge in [-0.25, -0.2) is 9.59 Å². The molecule has 9 heteroatoms. The molecule has 0 aliphatic carbocycles. The maximum atomic E-state index is 12.8. The number of para-hydroxylation sites is 1. The number of rotatable bonds is 10. The van der Waals surface area contributed by atoms with E-state index in [1.54, 1.807) is 24.3 Å². The van der Waals surface area contributed by atoms with Crippen molar-refractivity contribution < 1.29 is 23.5 Å². The van der Waals surface area contributed by atoms with E-state index in [-0.39, 0.29) is 16.9 Å². The zero-order valence-electron chi connectivity index (χ0n) is 18.0. The minimum atomic E-state index is -0.545. The third-order valence-electron chi connectivity index (χ3n) is 4.66. The number of nitrogens with zero attached hydrogens (tertiary/aromatic N) is 1. The van der Waals surface area contributed by atoms with Crippen LogP contribution in [0.3, 0.4) is 0 Å². The molecule has 0 radical (unpaired) electrons. The van der Waals surface area contributed by atoms with Crippen LogP contribution in [0, 0.1) is 0 Å². The first-order valence-corrected chi connectivity index (χ1v) is 11.3. The lowest BCUT2D eigenvalue weighted by Gasteiger charge is -2.12. The lowest BCUT2D eigenvalue weighted by Crippen LogP contribution is -2.37. The van der Waals surface area contributed by atoms with Crippen LogP contribution in [0.2, 0.25) is 0 Å². The highest BCUT2D eigenvalue weighted by Crippen LogP contribution is 2.23. The molecule has 3 rings (SSSR count). The van der Waals surface area contributed by atoms with Crippen LogP contribution in [0.15, 0.2) is 68.9 Å². The molecule has 1 amide bonds. The van der Waals surface area contributed by atoms with Gasteiger partial charge < -0.3 is 10.1 Å². The van der Waals surface area contributed by atoms with E-state index in [1.165, 1.54) is 4.68 Å². The monoisotopic (exact) mass is 456 g/mol. The van der Waals surface area contributed by atoms with Gasteiger partial charge in [0.2, 0.25) is 11.6 Å². The second-order valence-corrected chi connectivity index (χ2v) is 8.22. The number of nitrogens with one attached hydrogen (secondary N) is 2. The number of hydrogen-bond donors (Lipinski definition) is 2. The van der Waals surface area contributed by atoms with Crippen molar-refractivity contribution in [3.63, 3.8) is 0 Å². The quantitative estimate of drug-likeness (QED) is 0.209. The first kappa shape index (κ1) is 23.3. The molecule has 32 heavy (non-hydrogen) atoms. The summed E-state index contributed by atoms with van der Waals surface area (Å²) in [6.45, 7) is 4.28. The van der Waals surface area contributed by atoms with Crippen molar-refractivity contribution in [2.45, 2.75) is 43.4 Å². The normalized spacial score (nSPS) is 11.7. The summed E-state index contributed by atoms with van der Waals surface area (Å²) in [5, 5.41) is 5.17. The Kier molecular flexibility index (Phi) is 8.27. The van der Waals surface area contributed by atoms with E-state index in [9.17, 15) is 14.4 Å². The Morgan fingerprint density at radius 2 is 1.84 bits per heavy atom. The zero-order valence-corrected chi connectivity index (χ0v) is 18.8. The summed E-state index contributed by atoms with van der Waals surface area (Å²) < 4.78 is 11.7. The minimum Gasteiger partial charge on any atom is -0.462 e. The van der Waals surface area contributed by atoms with Crippen LogP contribution in [0.1, 0.15) is 43.5 Å². The first-order valence-electron chi connectivity index (χ1n) is 10.5. The number of hydrogen-bond acceptors (Lipinski definition) is 6. The van der Waals surface area contributed by atoms with E-state index >= 15 is 0 Å². The molecule has 0 bridgehead atoms. The fourth-order valence-electron chi connectivity index (χ4n) is 2.87. The van der Waals surface area contributed by atoms with E-state index in [2.05, 4.69) is 10.6 Å². The largest absolute Gasteiger partial charge is 0.462 e. The highest BCUT2D eigenvalue weighted by atomic mass is 32.2. The molecule has 2 aromatic carbocycles. The number of H-pyrrole nitrogens is 1. The van der Waals surface area contributed by atoms with Crippen molar-refractivity contribution in [2.24, 2.45) is 0 Å². The van der Waals surface area contributed by atoms with Crippen LogP contribution in [-0.4, -0.2) is 29.0 Å². The minimum absolute atomic E-state index is 0.254. The van der Waals surface area contributed by atoms with Crippen molar-refractivity contribution >= 4 is 29.3 Å². The third kappa shape index (κ3) is 5.88. The van der Waals surface area contributed by atoms with Gasteiger partial charge in [-0.3, -0.25) is 9.32 Å². The molecular formula is C23H26N3O5S+. The molecule has 1 atom stereocenters. The zero-order chi connectivity index (χ0) is 22.9. The molecule has 0 aliphatic heterocycles. The van der Waals surface area contributed by atoms with Crippen LogP contribution in [0.25, 0.3) is 5.69 Å². The molecule has 0 aliphatic rings. The molecule has 0 saturated carbocycles. The van der Waals surface area contributed by atoms with Crippen molar-refractivity contribution in [3.05, 3.63) is 70.6 Å². The molecule has 0 fully saturated rings. The van der Waals surface area contributed by atoms with E-state index in [0.29, 0.717) is 24.3 Å².